The van der Waals surface area contributed by atoms with Crippen LogP contribution in [0.25, 0.3) is 0 Å². The van der Waals surface area contributed by atoms with Crippen LogP contribution in [0, 0.1) is 0 Å². The van der Waals surface area contributed by atoms with Crippen LogP contribution in [0.3, 0.4) is 0 Å². The van der Waals surface area contributed by atoms with Crippen LogP contribution < -0.4 is 0 Å². The molecule has 1 atom stereocenters. The summed E-state index contributed by atoms with van der Waals surface area (Å²) in [5.41, 5.74) is 0. The smallest absolute Gasteiger partial charge is 0.207 e. The van der Waals surface area contributed by atoms with Gasteiger partial charge in [0.15, 0.2) is 0 Å². The Morgan fingerprint density at radius 2 is 1.91 bits per heavy atom. The van der Waals surface area contributed by atoms with Gasteiger partial charge in [-0.1, -0.05) is 22.0 Å². The van der Waals surface area contributed by atoms with Gasteiger partial charge in [-0.3, -0.25) is 0 Å². The summed E-state index contributed by atoms with van der Waals surface area (Å²) >= 11 is 6.95. The molecule has 0 N–H and O–H groups in total. The van der Waals surface area contributed by atoms with Gasteiger partial charge in [0.2, 0.25) is 10.0 Å². The van der Waals surface area contributed by atoms with Crippen LogP contribution in [0.2, 0.25) is 0 Å². The number of nitrogens with zero attached hydrogens (tertiary/aromatic N) is 1. The Bertz CT molecular complexity index is 714. The van der Waals surface area contributed by atoms with E-state index in [0.29, 0.717) is 23.2 Å². The largest absolute Gasteiger partial charge is 0.243 e. The Hall–Kier alpha value is -0.340. The Labute approximate surface area is 147 Å². The van der Waals surface area contributed by atoms with Crippen molar-refractivity contribution in [3.63, 3.8) is 0 Å². The Balaban J connectivity index is 1.76. The maximum Gasteiger partial charge on any atom is 0.243 e. The predicted molar refractivity (Wildman–Crippen MR) is 97.0 cm³/mol. The van der Waals surface area contributed by atoms with Crippen molar-refractivity contribution >= 4 is 49.1 Å². The fourth-order valence-corrected chi connectivity index (χ4v) is 6.52. The van der Waals surface area contributed by atoms with Crippen molar-refractivity contribution < 1.29 is 8.42 Å². The number of rotatable bonds is 3. The lowest BCUT2D eigenvalue weighted by Gasteiger charge is -2.20. The minimum absolute atomic E-state index is 0.371. The molecule has 1 saturated heterocycles. The molecule has 2 aromatic rings. The second kappa shape index (κ2) is 7.05. The molecular weight excluding hydrogens is 402 g/mol. The Kier molecular flexibility index (Phi) is 5.29. The van der Waals surface area contributed by atoms with Crippen molar-refractivity contribution in [2.45, 2.75) is 16.6 Å². The monoisotopic (exact) mass is 417 g/mol. The Morgan fingerprint density at radius 3 is 2.59 bits per heavy atom. The average Bonchev–Trinajstić information content (AvgIpc) is 2.92. The van der Waals surface area contributed by atoms with Crippen LogP contribution in [0.5, 0.6) is 0 Å². The van der Waals surface area contributed by atoms with Gasteiger partial charge >= 0.3 is 0 Å². The highest BCUT2D eigenvalue weighted by Crippen LogP contribution is 2.37. The van der Waals surface area contributed by atoms with E-state index < -0.39 is 10.0 Å². The van der Waals surface area contributed by atoms with E-state index in [-0.39, 0.29) is 0 Å². The SMILES string of the molecule is O=S(=O)(c1ccc(Br)cc1)N1CCSC(c2cccs2)CC1. The molecule has 0 amide bonds. The molecule has 0 saturated carbocycles. The topological polar surface area (TPSA) is 37.4 Å². The quantitative estimate of drug-likeness (QED) is 0.743. The third kappa shape index (κ3) is 3.59. The van der Waals surface area contributed by atoms with E-state index in [1.165, 1.54) is 4.88 Å². The molecule has 1 unspecified atom stereocenters. The van der Waals surface area contributed by atoms with Crippen molar-refractivity contribution in [2.75, 3.05) is 18.8 Å². The molecule has 0 radical (unpaired) electrons. The first-order chi connectivity index (χ1) is 10.6. The summed E-state index contributed by atoms with van der Waals surface area (Å²) < 4.78 is 28.0. The molecule has 0 spiro atoms. The first-order valence-corrected chi connectivity index (χ1v) is 11.1. The van der Waals surface area contributed by atoms with Crippen LogP contribution in [-0.2, 0) is 10.0 Å². The van der Waals surface area contributed by atoms with E-state index in [9.17, 15) is 8.42 Å². The van der Waals surface area contributed by atoms with Crippen LogP contribution >= 0.6 is 39.0 Å². The average molecular weight is 418 g/mol. The van der Waals surface area contributed by atoms with Gasteiger partial charge in [0.25, 0.3) is 0 Å². The zero-order valence-electron chi connectivity index (χ0n) is 11.8. The van der Waals surface area contributed by atoms with Crippen LogP contribution in [0.1, 0.15) is 16.5 Å². The maximum absolute atomic E-state index is 12.7. The van der Waals surface area contributed by atoms with Crippen molar-refractivity contribution in [1.29, 1.82) is 0 Å². The summed E-state index contributed by atoms with van der Waals surface area (Å²) in [6.07, 6.45) is 0.862. The molecule has 1 aliphatic heterocycles. The molecule has 7 heteroatoms. The van der Waals surface area contributed by atoms with E-state index in [4.69, 9.17) is 0 Å². The van der Waals surface area contributed by atoms with Crippen LogP contribution in [0.4, 0.5) is 0 Å². The number of thiophene rings is 1. The lowest BCUT2D eigenvalue weighted by atomic mass is 10.2. The van der Waals surface area contributed by atoms with Gasteiger partial charge in [0.05, 0.1) is 4.90 Å². The van der Waals surface area contributed by atoms with E-state index in [1.807, 2.05) is 11.8 Å². The fraction of sp³-hybridized carbons (Fsp3) is 0.333. The van der Waals surface area contributed by atoms with E-state index in [1.54, 1.807) is 39.9 Å². The zero-order valence-corrected chi connectivity index (χ0v) is 15.8. The van der Waals surface area contributed by atoms with Gasteiger partial charge in [-0.25, -0.2) is 8.42 Å². The molecular formula is C15H16BrNO2S3. The van der Waals surface area contributed by atoms with Gasteiger partial charge in [-0.05, 0) is 42.1 Å². The van der Waals surface area contributed by atoms with Crippen molar-refractivity contribution in [3.05, 3.63) is 51.1 Å². The molecule has 3 rings (SSSR count). The van der Waals surface area contributed by atoms with Gasteiger partial charge in [-0.15, -0.1) is 11.3 Å². The first kappa shape index (κ1) is 16.5. The number of halogens is 1. The van der Waals surface area contributed by atoms with Gasteiger partial charge in [0, 0.05) is 33.4 Å². The normalized spacial score (nSPS) is 20.7. The highest BCUT2D eigenvalue weighted by atomic mass is 79.9. The molecule has 22 heavy (non-hydrogen) atoms. The summed E-state index contributed by atoms with van der Waals surface area (Å²) in [5.74, 6) is 0.832. The summed E-state index contributed by atoms with van der Waals surface area (Å²) in [6.45, 7) is 1.15. The number of hydrogen-bond acceptors (Lipinski definition) is 4. The lowest BCUT2D eigenvalue weighted by Crippen LogP contribution is -2.33. The Morgan fingerprint density at radius 1 is 1.14 bits per heavy atom. The maximum atomic E-state index is 12.7. The summed E-state index contributed by atoms with van der Waals surface area (Å²) in [4.78, 5) is 1.71. The van der Waals surface area contributed by atoms with Gasteiger partial charge in [-0.2, -0.15) is 16.1 Å². The van der Waals surface area contributed by atoms with Gasteiger partial charge < -0.3 is 0 Å². The number of benzene rings is 1. The van der Waals surface area contributed by atoms with Crippen molar-refractivity contribution in [1.82, 2.24) is 4.31 Å². The molecule has 2 heterocycles. The predicted octanol–water partition coefficient (Wildman–Crippen LogP) is 4.38. The number of hydrogen-bond donors (Lipinski definition) is 0. The summed E-state index contributed by atoms with van der Waals surface area (Å²) in [7, 11) is -3.39. The fourth-order valence-electron chi connectivity index (χ4n) is 2.45. The van der Waals surface area contributed by atoms with Crippen molar-refractivity contribution in [2.24, 2.45) is 0 Å². The third-order valence-corrected chi connectivity index (χ3v) is 8.50. The minimum atomic E-state index is -3.39. The second-order valence-electron chi connectivity index (χ2n) is 5.02. The molecule has 1 aliphatic rings. The highest BCUT2D eigenvalue weighted by molar-refractivity contribution is 9.10. The van der Waals surface area contributed by atoms with E-state index in [0.717, 1.165) is 16.6 Å². The molecule has 1 fully saturated rings. The van der Waals surface area contributed by atoms with E-state index in [2.05, 4.69) is 33.4 Å². The number of thioether (sulfide) groups is 1. The number of sulfonamides is 1. The minimum Gasteiger partial charge on any atom is -0.207 e. The summed E-state index contributed by atoms with van der Waals surface area (Å²) in [6, 6.07) is 11.1. The van der Waals surface area contributed by atoms with Crippen LogP contribution in [-0.4, -0.2) is 31.6 Å². The lowest BCUT2D eigenvalue weighted by molar-refractivity contribution is 0.428. The highest BCUT2D eigenvalue weighted by Gasteiger charge is 2.28. The molecule has 1 aromatic carbocycles. The summed E-state index contributed by atoms with van der Waals surface area (Å²) in [5, 5.41) is 2.49. The molecule has 0 bridgehead atoms. The molecule has 118 valence electrons. The molecule has 3 nitrogen and oxygen atoms in total. The first-order valence-electron chi connectivity index (χ1n) is 6.98. The van der Waals surface area contributed by atoms with Crippen LogP contribution in [0.15, 0.2) is 51.1 Å². The van der Waals surface area contributed by atoms with Crippen molar-refractivity contribution in [3.8, 4) is 0 Å². The zero-order chi connectivity index (χ0) is 15.6. The molecule has 0 aliphatic carbocycles. The second-order valence-corrected chi connectivity index (χ2v) is 10.2. The molecule has 1 aromatic heterocycles. The van der Waals surface area contributed by atoms with Gasteiger partial charge in [0.1, 0.15) is 0 Å². The van der Waals surface area contributed by atoms with E-state index >= 15 is 0 Å². The standard InChI is InChI=1S/C15H16BrNO2S3/c16-12-3-5-13(6-4-12)22(18,19)17-8-7-15(21-11-9-17)14-2-1-10-20-14/h1-6,10,15H,7-9,11H2. The third-order valence-electron chi connectivity index (χ3n) is 3.61.